The zero-order valence-corrected chi connectivity index (χ0v) is 19.3. The van der Waals surface area contributed by atoms with Crippen molar-refractivity contribution in [1.82, 2.24) is 10.2 Å². The van der Waals surface area contributed by atoms with Crippen molar-refractivity contribution < 1.29 is 9.59 Å². The van der Waals surface area contributed by atoms with Gasteiger partial charge in [0.15, 0.2) is 0 Å². The number of para-hydroxylation sites is 1. The molecule has 0 aliphatic carbocycles. The van der Waals surface area contributed by atoms with E-state index >= 15 is 0 Å². The van der Waals surface area contributed by atoms with E-state index < -0.39 is 0 Å². The van der Waals surface area contributed by atoms with Gasteiger partial charge in [-0.3, -0.25) is 14.5 Å². The minimum Gasteiger partial charge on any atom is -0.350 e. The van der Waals surface area contributed by atoms with Crippen LogP contribution in [0.2, 0.25) is 0 Å². The summed E-state index contributed by atoms with van der Waals surface area (Å²) in [7, 11) is 0. The lowest BCUT2D eigenvalue weighted by molar-refractivity contribution is 0.0939. The predicted octanol–water partition coefficient (Wildman–Crippen LogP) is 5.27. The minimum atomic E-state index is -0.267. The van der Waals surface area contributed by atoms with E-state index in [1.165, 1.54) is 18.4 Å². The van der Waals surface area contributed by atoms with Gasteiger partial charge >= 0.3 is 0 Å². The van der Waals surface area contributed by atoms with Crippen LogP contribution in [-0.4, -0.2) is 36.3 Å². The number of halogens is 1. The summed E-state index contributed by atoms with van der Waals surface area (Å²) in [6, 6.07) is 24.7. The van der Waals surface area contributed by atoms with E-state index in [-0.39, 0.29) is 17.9 Å². The number of benzene rings is 3. The molecular weight excluding hydrogens is 466 g/mol. The summed E-state index contributed by atoms with van der Waals surface area (Å²) in [5, 5.41) is 5.98. The number of amides is 2. The maximum atomic E-state index is 13.1. The van der Waals surface area contributed by atoms with Crippen LogP contribution in [0.1, 0.15) is 45.2 Å². The molecule has 1 aliphatic heterocycles. The van der Waals surface area contributed by atoms with Crippen LogP contribution in [0, 0.1) is 0 Å². The minimum absolute atomic E-state index is 0.129. The maximum Gasteiger partial charge on any atom is 0.256 e. The van der Waals surface area contributed by atoms with E-state index in [4.69, 9.17) is 0 Å². The largest absolute Gasteiger partial charge is 0.350 e. The monoisotopic (exact) mass is 491 g/mol. The van der Waals surface area contributed by atoms with Gasteiger partial charge in [-0.2, -0.15) is 0 Å². The number of nitrogens with zero attached hydrogens (tertiary/aromatic N) is 1. The molecule has 4 rings (SSSR count). The van der Waals surface area contributed by atoms with Gasteiger partial charge in [0.05, 0.1) is 22.9 Å². The molecule has 0 bridgehead atoms. The molecule has 5 nitrogen and oxygen atoms in total. The van der Waals surface area contributed by atoms with E-state index in [1.54, 1.807) is 30.3 Å². The maximum absolute atomic E-state index is 13.1. The average molecular weight is 492 g/mol. The van der Waals surface area contributed by atoms with Crippen molar-refractivity contribution in [2.75, 3.05) is 25.0 Å². The molecule has 1 atom stereocenters. The van der Waals surface area contributed by atoms with Crippen molar-refractivity contribution in [3.8, 4) is 0 Å². The van der Waals surface area contributed by atoms with Crippen LogP contribution in [0.15, 0.2) is 83.3 Å². The fourth-order valence-corrected chi connectivity index (χ4v) is 4.56. The summed E-state index contributed by atoms with van der Waals surface area (Å²) in [5.41, 5.74) is 2.65. The molecule has 1 aliphatic rings. The van der Waals surface area contributed by atoms with Crippen LogP contribution >= 0.6 is 15.9 Å². The van der Waals surface area contributed by atoms with Crippen molar-refractivity contribution in [3.05, 3.63) is 100 Å². The van der Waals surface area contributed by atoms with Gasteiger partial charge in [-0.1, -0.05) is 54.6 Å². The highest BCUT2D eigenvalue weighted by Crippen LogP contribution is 2.25. The lowest BCUT2D eigenvalue weighted by Crippen LogP contribution is -2.37. The van der Waals surface area contributed by atoms with E-state index in [2.05, 4.69) is 43.6 Å². The first-order valence-electron chi connectivity index (χ1n) is 10.9. The molecule has 2 N–H and O–H groups in total. The molecule has 3 aromatic carbocycles. The summed E-state index contributed by atoms with van der Waals surface area (Å²) >= 11 is 3.41. The van der Waals surface area contributed by atoms with E-state index in [0.29, 0.717) is 27.8 Å². The Morgan fingerprint density at radius 3 is 2.16 bits per heavy atom. The van der Waals surface area contributed by atoms with Crippen LogP contribution in [0.4, 0.5) is 5.69 Å². The zero-order valence-electron chi connectivity index (χ0n) is 17.8. The second-order valence-corrected chi connectivity index (χ2v) is 8.71. The van der Waals surface area contributed by atoms with Gasteiger partial charge < -0.3 is 10.6 Å². The van der Waals surface area contributed by atoms with E-state index in [9.17, 15) is 9.59 Å². The number of anilines is 1. The number of nitrogens with one attached hydrogen (secondary N) is 2. The second-order valence-electron chi connectivity index (χ2n) is 7.86. The highest BCUT2D eigenvalue weighted by atomic mass is 79.9. The topological polar surface area (TPSA) is 61.4 Å². The third-order valence-electron chi connectivity index (χ3n) is 5.76. The molecular formula is C26H26BrN3O2. The first-order chi connectivity index (χ1) is 15.6. The van der Waals surface area contributed by atoms with Gasteiger partial charge in [0.1, 0.15) is 0 Å². The molecule has 1 saturated heterocycles. The number of hydrogen-bond acceptors (Lipinski definition) is 3. The normalized spacial score (nSPS) is 14.7. The number of carbonyl (C=O) groups excluding carboxylic acids is 2. The Morgan fingerprint density at radius 2 is 1.44 bits per heavy atom. The first-order valence-corrected chi connectivity index (χ1v) is 11.6. The molecule has 1 unspecified atom stereocenters. The van der Waals surface area contributed by atoms with Crippen LogP contribution in [0.25, 0.3) is 0 Å². The van der Waals surface area contributed by atoms with Crippen molar-refractivity contribution in [1.29, 1.82) is 0 Å². The quantitative estimate of drug-likeness (QED) is 0.473. The van der Waals surface area contributed by atoms with Gasteiger partial charge in [0, 0.05) is 11.0 Å². The third kappa shape index (κ3) is 5.26. The number of hydrogen-bond donors (Lipinski definition) is 2. The zero-order chi connectivity index (χ0) is 22.3. The van der Waals surface area contributed by atoms with Crippen LogP contribution in [0.3, 0.4) is 0 Å². The van der Waals surface area contributed by atoms with Crippen LogP contribution in [-0.2, 0) is 0 Å². The Kier molecular flexibility index (Phi) is 7.35. The molecule has 0 aromatic heterocycles. The summed E-state index contributed by atoms with van der Waals surface area (Å²) in [6.07, 6.45) is 2.36. The smallest absolute Gasteiger partial charge is 0.256 e. The lowest BCUT2D eigenvalue weighted by atomic mass is 10.1. The molecule has 164 valence electrons. The highest BCUT2D eigenvalue weighted by molar-refractivity contribution is 9.10. The fourth-order valence-electron chi connectivity index (χ4n) is 4.10. The fraction of sp³-hybridized carbons (Fsp3) is 0.231. The molecule has 32 heavy (non-hydrogen) atoms. The Labute approximate surface area is 197 Å². The molecule has 0 saturated carbocycles. The standard InChI is InChI=1S/C26H26BrN3O2/c27-22-14-6-4-12-20(22)26(32)29-23-15-7-5-13-21(23)25(31)28-18-24(30-16-8-9-17-30)19-10-2-1-3-11-19/h1-7,10-15,24H,8-9,16-18H2,(H,28,31)(H,29,32). The van der Waals surface area contributed by atoms with Gasteiger partial charge in [0.25, 0.3) is 11.8 Å². The predicted molar refractivity (Wildman–Crippen MR) is 131 cm³/mol. The van der Waals surface area contributed by atoms with Crippen molar-refractivity contribution >= 4 is 33.4 Å². The Morgan fingerprint density at radius 1 is 0.812 bits per heavy atom. The molecule has 1 fully saturated rings. The third-order valence-corrected chi connectivity index (χ3v) is 6.45. The van der Waals surface area contributed by atoms with Crippen molar-refractivity contribution in [2.24, 2.45) is 0 Å². The number of rotatable bonds is 7. The number of likely N-dealkylation sites (tertiary alicyclic amines) is 1. The first kappa shape index (κ1) is 22.2. The lowest BCUT2D eigenvalue weighted by Gasteiger charge is -2.28. The summed E-state index contributed by atoms with van der Waals surface area (Å²) in [5.74, 6) is -0.467. The van der Waals surface area contributed by atoms with Gasteiger partial charge in [-0.15, -0.1) is 0 Å². The van der Waals surface area contributed by atoms with Crippen molar-refractivity contribution in [2.45, 2.75) is 18.9 Å². The SMILES string of the molecule is O=C(Nc1ccccc1C(=O)NCC(c1ccccc1)N1CCCC1)c1ccccc1Br. The van der Waals surface area contributed by atoms with Gasteiger partial charge in [0.2, 0.25) is 0 Å². The Bertz CT molecular complexity index is 1080. The van der Waals surface area contributed by atoms with Crippen molar-refractivity contribution in [3.63, 3.8) is 0 Å². The molecule has 6 heteroatoms. The number of carbonyl (C=O) groups is 2. The molecule has 0 radical (unpaired) electrons. The van der Waals surface area contributed by atoms with Gasteiger partial charge in [-0.05, 0) is 71.7 Å². The van der Waals surface area contributed by atoms with E-state index in [0.717, 1.165) is 13.1 Å². The van der Waals surface area contributed by atoms with Crippen LogP contribution in [0.5, 0.6) is 0 Å². The summed E-state index contributed by atoms with van der Waals surface area (Å²) in [4.78, 5) is 28.3. The van der Waals surface area contributed by atoms with Crippen LogP contribution < -0.4 is 10.6 Å². The Hall–Kier alpha value is -2.96. The molecule has 2 amide bonds. The molecule has 1 heterocycles. The van der Waals surface area contributed by atoms with E-state index in [1.807, 2.05) is 36.4 Å². The highest BCUT2D eigenvalue weighted by Gasteiger charge is 2.24. The average Bonchev–Trinajstić information content (AvgIpc) is 3.35. The molecule has 3 aromatic rings. The summed E-state index contributed by atoms with van der Waals surface area (Å²) < 4.78 is 0.704. The molecule has 0 spiro atoms. The second kappa shape index (κ2) is 10.6. The Balaban J connectivity index is 1.48. The van der Waals surface area contributed by atoms with Gasteiger partial charge in [-0.25, -0.2) is 0 Å². The summed E-state index contributed by atoms with van der Waals surface area (Å²) in [6.45, 7) is 2.58.